The maximum Gasteiger partial charge on any atom is 0.338 e. The van der Waals surface area contributed by atoms with Crippen LogP contribution in [0.15, 0.2) is 57.1 Å². The summed E-state index contributed by atoms with van der Waals surface area (Å²) in [5.41, 5.74) is 1.99. The summed E-state index contributed by atoms with van der Waals surface area (Å²) >= 11 is 2.59. The standard InChI is InChI=1S/C19H13N3O4S2/c1-12-11-27-19(21-12)28-17-7-6-15(8-16(17)22(24)25)18(23)26-10-14-4-2-13(9-20)3-5-14/h2-8,11H,10H2,1H3. The summed E-state index contributed by atoms with van der Waals surface area (Å²) in [5.74, 6) is -0.658. The summed E-state index contributed by atoms with van der Waals surface area (Å²) in [7, 11) is 0. The average Bonchev–Trinajstić information content (AvgIpc) is 3.11. The van der Waals surface area contributed by atoms with Crippen molar-refractivity contribution in [2.24, 2.45) is 0 Å². The summed E-state index contributed by atoms with van der Waals surface area (Å²) in [4.78, 5) is 27.9. The third-order valence-electron chi connectivity index (χ3n) is 3.64. The van der Waals surface area contributed by atoms with Crippen LogP contribution in [0.4, 0.5) is 5.69 Å². The molecule has 2 aromatic carbocycles. The molecule has 0 amide bonds. The van der Waals surface area contributed by atoms with Crippen LogP contribution in [0.3, 0.4) is 0 Å². The topological polar surface area (TPSA) is 106 Å². The number of nitro benzene ring substituents is 1. The molecule has 0 saturated carbocycles. The Morgan fingerprint density at radius 3 is 2.68 bits per heavy atom. The Balaban J connectivity index is 1.73. The Morgan fingerprint density at radius 1 is 1.32 bits per heavy atom. The van der Waals surface area contributed by atoms with E-state index < -0.39 is 10.9 Å². The first-order valence-electron chi connectivity index (χ1n) is 8.01. The zero-order valence-electron chi connectivity index (χ0n) is 14.6. The molecule has 0 N–H and O–H groups in total. The van der Waals surface area contributed by atoms with Gasteiger partial charge in [-0.05, 0) is 36.8 Å². The van der Waals surface area contributed by atoms with Crippen LogP contribution in [0.2, 0.25) is 0 Å². The highest BCUT2D eigenvalue weighted by molar-refractivity contribution is 8.01. The van der Waals surface area contributed by atoms with Crippen molar-refractivity contribution in [1.82, 2.24) is 4.98 Å². The molecule has 0 saturated heterocycles. The number of nitriles is 1. The second kappa shape index (κ2) is 8.65. The molecule has 1 aromatic heterocycles. The summed E-state index contributed by atoms with van der Waals surface area (Å²) in [6.45, 7) is 1.86. The highest BCUT2D eigenvalue weighted by Crippen LogP contribution is 2.36. The van der Waals surface area contributed by atoms with E-state index in [-0.39, 0.29) is 17.9 Å². The number of benzene rings is 2. The van der Waals surface area contributed by atoms with Crippen LogP contribution in [0, 0.1) is 28.4 Å². The Morgan fingerprint density at radius 2 is 2.07 bits per heavy atom. The van der Waals surface area contributed by atoms with Crippen molar-refractivity contribution >= 4 is 34.8 Å². The minimum absolute atomic E-state index is 0.00718. The van der Waals surface area contributed by atoms with Crippen LogP contribution in [-0.2, 0) is 11.3 Å². The molecule has 0 aliphatic heterocycles. The highest BCUT2D eigenvalue weighted by atomic mass is 32.2. The highest BCUT2D eigenvalue weighted by Gasteiger charge is 2.20. The van der Waals surface area contributed by atoms with Gasteiger partial charge in [-0.3, -0.25) is 10.1 Å². The van der Waals surface area contributed by atoms with Crippen LogP contribution in [0.5, 0.6) is 0 Å². The maximum atomic E-state index is 12.3. The van der Waals surface area contributed by atoms with Gasteiger partial charge < -0.3 is 4.74 Å². The summed E-state index contributed by atoms with van der Waals surface area (Å²) in [5, 5.41) is 22.1. The van der Waals surface area contributed by atoms with E-state index in [1.54, 1.807) is 24.3 Å². The fraction of sp³-hybridized carbons (Fsp3) is 0.105. The van der Waals surface area contributed by atoms with Crippen molar-refractivity contribution in [3.63, 3.8) is 0 Å². The second-order valence-electron chi connectivity index (χ2n) is 5.68. The van der Waals surface area contributed by atoms with Gasteiger partial charge in [-0.25, -0.2) is 9.78 Å². The van der Waals surface area contributed by atoms with Gasteiger partial charge in [0.1, 0.15) is 6.61 Å². The van der Waals surface area contributed by atoms with Gasteiger partial charge in [0.15, 0.2) is 4.34 Å². The largest absolute Gasteiger partial charge is 0.457 e. The van der Waals surface area contributed by atoms with Crippen LogP contribution >= 0.6 is 23.1 Å². The van der Waals surface area contributed by atoms with Crippen molar-refractivity contribution < 1.29 is 14.5 Å². The van der Waals surface area contributed by atoms with E-state index in [4.69, 9.17) is 10.00 Å². The minimum atomic E-state index is -0.658. The molecule has 0 aliphatic carbocycles. The zero-order chi connectivity index (χ0) is 20.1. The Labute approximate surface area is 168 Å². The molecule has 140 valence electrons. The van der Waals surface area contributed by atoms with E-state index in [1.807, 2.05) is 18.4 Å². The van der Waals surface area contributed by atoms with Gasteiger partial charge in [-0.1, -0.05) is 23.9 Å². The van der Waals surface area contributed by atoms with E-state index in [0.29, 0.717) is 20.4 Å². The first kappa shape index (κ1) is 19.5. The average molecular weight is 411 g/mol. The fourth-order valence-electron chi connectivity index (χ4n) is 2.25. The SMILES string of the molecule is Cc1csc(Sc2ccc(C(=O)OCc3ccc(C#N)cc3)cc2[N+](=O)[O-])n1. The number of hydrogen-bond donors (Lipinski definition) is 0. The summed E-state index contributed by atoms with van der Waals surface area (Å²) < 4.78 is 5.91. The first-order chi connectivity index (χ1) is 13.5. The third kappa shape index (κ3) is 4.73. The van der Waals surface area contributed by atoms with Gasteiger partial charge in [0.05, 0.1) is 27.0 Å². The van der Waals surface area contributed by atoms with E-state index >= 15 is 0 Å². The molecule has 7 nitrogen and oxygen atoms in total. The lowest BCUT2D eigenvalue weighted by Gasteiger charge is -2.07. The van der Waals surface area contributed by atoms with Crippen molar-refractivity contribution in [1.29, 1.82) is 5.26 Å². The lowest BCUT2D eigenvalue weighted by atomic mass is 10.1. The van der Waals surface area contributed by atoms with E-state index in [0.717, 1.165) is 5.69 Å². The van der Waals surface area contributed by atoms with Gasteiger partial charge in [0.25, 0.3) is 5.69 Å². The number of hydrogen-bond acceptors (Lipinski definition) is 8. The monoisotopic (exact) mass is 411 g/mol. The van der Waals surface area contributed by atoms with E-state index in [2.05, 4.69) is 4.98 Å². The predicted octanol–water partition coefficient (Wildman–Crippen LogP) is 4.74. The molecule has 0 spiro atoms. The van der Waals surface area contributed by atoms with Crippen molar-refractivity contribution in [3.8, 4) is 6.07 Å². The van der Waals surface area contributed by atoms with Crippen LogP contribution < -0.4 is 0 Å². The number of ether oxygens (including phenoxy) is 1. The van der Waals surface area contributed by atoms with Gasteiger partial charge >= 0.3 is 5.97 Å². The number of carbonyl (C=O) groups excluding carboxylic acids is 1. The molecule has 3 rings (SSSR count). The Bertz CT molecular complexity index is 1070. The van der Waals surface area contributed by atoms with Crippen molar-refractivity contribution in [3.05, 3.63) is 80.3 Å². The maximum absolute atomic E-state index is 12.3. The van der Waals surface area contributed by atoms with E-state index in [1.165, 1.54) is 41.3 Å². The number of nitrogens with zero attached hydrogens (tertiary/aromatic N) is 3. The summed E-state index contributed by atoms with van der Waals surface area (Å²) in [6, 6.07) is 12.9. The van der Waals surface area contributed by atoms with Crippen molar-refractivity contribution in [2.45, 2.75) is 22.8 Å². The van der Waals surface area contributed by atoms with Gasteiger partial charge in [0.2, 0.25) is 0 Å². The number of carbonyl (C=O) groups is 1. The third-order valence-corrected chi connectivity index (χ3v) is 5.76. The lowest BCUT2D eigenvalue weighted by Crippen LogP contribution is -2.06. The molecule has 0 fully saturated rings. The Hall–Kier alpha value is -3.22. The molecule has 3 aromatic rings. The normalized spacial score (nSPS) is 10.3. The second-order valence-corrected chi connectivity index (χ2v) is 7.83. The molecule has 0 bridgehead atoms. The smallest absolute Gasteiger partial charge is 0.338 e. The zero-order valence-corrected chi connectivity index (χ0v) is 16.3. The molecular weight excluding hydrogens is 398 g/mol. The molecule has 28 heavy (non-hydrogen) atoms. The number of rotatable bonds is 6. The number of aryl methyl sites for hydroxylation is 1. The number of thiazole rings is 1. The quantitative estimate of drug-likeness (QED) is 0.327. The predicted molar refractivity (Wildman–Crippen MR) is 104 cm³/mol. The van der Waals surface area contributed by atoms with Crippen LogP contribution in [0.25, 0.3) is 0 Å². The molecule has 0 atom stereocenters. The number of nitro groups is 1. The fourth-order valence-corrected chi connectivity index (χ4v) is 4.13. The molecule has 0 aliphatic rings. The molecule has 0 unspecified atom stereocenters. The lowest BCUT2D eigenvalue weighted by molar-refractivity contribution is -0.387. The van der Waals surface area contributed by atoms with Crippen LogP contribution in [-0.4, -0.2) is 15.9 Å². The summed E-state index contributed by atoms with van der Waals surface area (Å²) in [6.07, 6.45) is 0. The number of esters is 1. The van der Waals surface area contributed by atoms with E-state index in [9.17, 15) is 14.9 Å². The molecule has 1 heterocycles. The first-order valence-corrected chi connectivity index (χ1v) is 9.70. The number of aromatic nitrogens is 1. The van der Waals surface area contributed by atoms with Crippen molar-refractivity contribution in [2.75, 3.05) is 0 Å². The van der Waals surface area contributed by atoms with Gasteiger partial charge in [-0.2, -0.15) is 5.26 Å². The molecule has 9 heteroatoms. The van der Waals surface area contributed by atoms with Gasteiger partial charge in [-0.15, -0.1) is 11.3 Å². The molecule has 0 radical (unpaired) electrons. The van der Waals surface area contributed by atoms with Gasteiger partial charge in [0, 0.05) is 17.1 Å². The van der Waals surface area contributed by atoms with Crippen LogP contribution in [0.1, 0.15) is 27.2 Å². The minimum Gasteiger partial charge on any atom is -0.457 e. The molecular formula is C19H13N3O4S2. The Kier molecular flexibility index (Phi) is 6.03.